The van der Waals surface area contributed by atoms with E-state index in [1.165, 1.54) is 0 Å². The van der Waals surface area contributed by atoms with Gasteiger partial charge in [0.2, 0.25) is 5.91 Å². The number of nitrogens with one attached hydrogen (secondary N) is 2. The molecule has 0 saturated carbocycles. The molecule has 1 aromatic heterocycles. The molecule has 5 rings (SSSR count). The Kier molecular flexibility index (Phi) is 4.93. The highest BCUT2D eigenvalue weighted by atomic mass is 127. The average molecular weight is 514 g/mol. The van der Waals surface area contributed by atoms with Crippen molar-refractivity contribution in [2.24, 2.45) is 5.92 Å². The van der Waals surface area contributed by atoms with Gasteiger partial charge in [-0.25, -0.2) is 4.79 Å². The molecule has 7 nitrogen and oxygen atoms in total. The number of halogens is 1. The van der Waals surface area contributed by atoms with Crippen LogP contribution in [0.1, 0.15) is 12.8 Å². The summed E-state index contributed by atoms with van der Waals surface area (Å²) >= 11 is 2.39. The number of aromatic nitrogens is 1. The van der Waals surface area contributed by atoms with Gasteiger partial charge in [-0.2, -0.15) is 0 Å². The number of amides is 3. The number of anilines is 1. The fourth-order valence-corrected chi connectivity index (χ4v) is 5.25. The van der Waals surface area contributed by atoms with Crippen LogP contribution in [-0.4, -0.2) is 32.5 Å². The van der Waals surface area contributed by atoms with Gasteiger partial charge in [0.1, 0.15) is 0 Å². The van der Waals surface area contributed by atoms with Gasteiger partial charge in [-0.15, -0.1) is 0 Å². The molecular formula is C22H19IN4O3. The zero-order valence-corrected chi connectivity index (χ0v) is 18.1. The molecule has 3 heterocycles. The van der Waals surface area contributed by atoms with Crippen LogP contribution in [0.4, 0.5) is 10.6 Å². The van der Waals surface area contributed by atoms with Crippen molar-refractivity contribution >= 4 is 40.3 Å². The first-order valence-electron chi connectivity index (χ1n) is 9.80. The van der Waals surface area contributed by atoms with Crippen LogP contribution in [0, 0.1) is 5.92 Å². The van der Waals surface area contributed by atoms with Crippen LogP contribution in [0.25, 0.3) is 11.3 Å². The molecule has 2 atom stereocenters. The number of nitrogens with zero attached hydrogens (tertiary/aromatic N) is 2. The molecular weight excluding hydrogens is 495 g/mol. The molecule has 1 aromatic carbocycles. The number of allylic oxidation sites excluding steroid dienone is 4. The minimum atomic E-state index is -0.428. The van der Waals surface area contributed by atoms with Crippen molar-refractivity contribution in [1.29, 1.82) is 0 Å². The maximum absolute atomic E-state index is 12.8. The van der Waals surface area contributed by atoms with Gasteiger partial charge in [-0.3, -0.25) is 10.1 Å². The van der Waals surface area contributed by atoms with Crippen molar-refractivity contribution in [3.63, 3.8) is 0 Å². The van der Waals surface area contributed by atoms with Crippen molar-refractivity contribution in [2.75, 3.05) is 11.9 Å². The SMILES string of the molecule is O=C(NC1=CC=CC2C(=O)N3CCCC(I)C3=C12)Nc1cc(-c2ccccc2)on1. The first-order valence-corrected chi connectivity index (χ1v) is 11.0. The number of piperidine rings is 1. The number of carbonyl (C=O) groups excluding carboxylic acids is 2. The normalized spacial score (nSPS) is 22.5. The number of rotatable bonds is 3. The fraction of sp³-hybridized carbons (Fsp3) is 0.227. The fourth-order valence-electron chi connectivity index (χ4n) is 4.14. The van der Waals surface area contributed by atoms with E-state index < -0.39 is 6.03 Å². The number of urea groups is 1. The van der Waals surface area contributed by atoms with E-state index in [1.54, 1.807) is 6.07 Å². The van der Waals surface area contributed by atoms with E-state index in [0.717, 1.165) is 36.2 Å². The lowest BCUT2D eigenvalue weighted by molar-refractivity contribution is -0.129. The second-order valence-corrected chi connectivity index (χ2v) is 8.87. The number of hydrogen-bond acceptors (Lipinski definition) is 4. The molecule has 2 aliphatic heterocycles. The molecule has 1 aliphatic carbocycles. The summed E-state index contributed by atoms with van der Waals surface area (Å²) in [6.07, 6.45) is 7.59. The smallest absolute Gasteiger partial charge is 0.324 e. The van der Waals surface area contributed by atoms with E-state index in [1.807, 2.05) is 53.5 Å². The number of carbonyl (C=O) groups is 2. The van der Waals surface area contributed by atoms with E-state index in [-0.39, 0.29) is 15.7 Å². The Morgan fingerprint density at radius 3 is 2.90 bits per heavy atom. The summed E-state index contributed by atoms with van der Waals surface area (Å²) in [5, 5.41) is 9.54. The van der Waals surface area contributed by atoms with Crippen molar-refractivity contribution in [3.05, 3.63) is 71.6 Å². The van der Waals surface area contributed by atoms with Crippen LogP contribution in [0.5, 0.6) is 0 Å². The van der Waals surface area contributed by atoms with E-state index in [9.17, 15) is 9.59 Å². The lowest BCUT2D eigenvalue weighted by Gasteiger charge is -2.30. The Bertz CT molecular complexity index is 1100. The van der Waals surface area contributed by atoms with Crippen LogP contribution < -0.4 is 10.6 Å². The van der Waals surface area contributed by atoms with Gasteiger partial charge >= 0.3 is 6.03 Å². The first-order chi connectivity index (χ1) is 14.6. The predicted octanol–water partition coefficient (Wildman–Crippen LogP) is 4.23. The van der Waals surface area contributed by atoms with Crippen molar-refractivity contribution in [2.45, 2.75) is 16.8 Å². The second-order valence-electron chi connectivity index (χ2n) is 7.36. The van der Waals surface area contributed by atoms with Gasteiger partial charge < -0.3 is 14.7 Å². The van der Waals surface area contributed by atoms with Gasteiger partial charge in [0, 0.05) is 35.1 Å². The molecule has 3 aliphatic rings. The second kappa shape index (κ2) is 7.75. The lowest BCUT2D eigenvalue weighted by atomic mass is 9.91. The molecule has 3 amide bonds. The van der Waals surface area contributed by atoms with Crippen LogP contribution in [-0.2, 0) is 4.79 Å². The van der Waals surface area contributed by atoms with Crippen LogP contribution in [0.2, 0.25) is 0 Å². The quantitative estimate of drug-likeness (QED) is 0.475. The van der Waals surface area contributed by atoms with E-state index in [0.29, 0.717) is 17.3 Å². The first kappa shape index (κ1) is 19.1. The summed E-state index contributed by atoms with van der Waals surface area (Å²) in [6, 6.07) is 10.8. The Morgan fingerprint density at radius 2 is 2.07 bits per heavy atom. The molecule has 2 N–H and O–H groups in total. The van der Waals surface area contributed by atoms with Gasteiger partial charge in [0.15, 0.2) is 11.6 Å². The average Bonchev–Trinajstić information content (AvgIpc) is 3.33. The molecule has 0 radical (unpaired) electrons. The molecule has 1 fully saturated rings. The van der Waals surface area contributed by atoms with Crippen molar-refractivity contribution in [3.8, 4) is 11.3 Å². The third kappa shape index (κ3) is 3.34. The monoisotopic (exact) mass is 514 g/mol. The molecule has 0 spiro atoms. The van der Waals surface area contributed by atoms with E-state index in [2.05, 4.69) is 38.4 Å². The third-order valence-electron chi connectivity index (χ3n) is 5.46. The molecule has 1 saturated heterocycles. The number of hydrogen-bond donors (Lipinski definition) is 2. The van der Waals surface area contributed by atoms with Crippen LogP contribution in [0.3, 0.4) is 0 Å². The number of alkyl halides is 1. The Hall–Kier alpha value is -2.88. The zero-order valence-electron chi connectivity index (χ0n) is 16.0. The summed E-state index contributed by atoms with van der Waals surface area (Å²) in [6.45, 7) is 0.738. The standard InChI is InChI=1S/C22H19IN4O3/c23-15-9-5-11-27-20(15)19-14(21(27)28)8-4-10-16(19)24-22(29)25-18-12-17(30-26-18)13-6-2-1-3-7-13/h1-4,6-8,10,12,14-15H,5,9,11H2,(H2,24,25,26,29). The third-order valence-corrected chi connectivity index (χ3v) is 6.67. The Labute approximate surface area is 187 Å². The Morgan fingerprint density at radius 1 is 1.23 bits per heavy atom. The summed E-state index contributed by atoms with van der Waals surface area (Å²) in [5.74, 6) is 0.658. The van der Waals surface area contributed by atoms with E-state index >= 15 is 0 Å². The molecule has 8 heteroatoms. The summed E-state index contributed by atoms with van der Waals surface area (Å²) < 4.78 is 5.58. The highest BCUT2D eigenvalue weighted by molar-refractivity contribution is 14.1. The summed E-state index contributed by atoms with van der Waals surface area (Å²) in [4.78, 5) is 27.4. The number of fused-ring (bicyclic) bond motifs is 2. The van der Waals surface area contributed by atoms with Gasteiger partial charge in [0.25, 0.3) is 0 Å². The van der Waals surface area contributed by atoms with Crippen LogP contribution >= 0.6 is 22.6 Å². The van der Waals surface area contributed by atoms with E-state index in [4.69, 9.17) is 4.52 Å². The Balaban J connectivity index is 1.34. The van der Waals surface area contributed by atoms with Gasteiger partial charge in [0.05, 0.1) is 9.84 Å². The molecule has 2 aromatic rings. The van der Waals surface area contributed by atoms with Crippen molar-refractivity contribution < 1.29 is 14.1 Å². The molecule has 152 valence electrons. The summed E-state index contributed by atoms with van der Waals surface area (Å²) in [5.41, 5.74) is 3.46. The van der Waals surface area contributed by atoms with Crippen LogP contribution in [0.15, 0.2) is 76.1 Å². The molecule has 30 heavy (non-hydrogen) atoms. The predicted molar refractivity (Wildman–Crippen MR) is 121 cm³/mol. The minimum Gasteiger partial charge on any atom is -0.354 e. The number of benzene rings is 1. The van der Waals surface area contributed by atoms with Crippen molar-refractivity contribution in [1.82, 2.24) is 15.4 Å². The maximum atomic E-state index is 12.8. The topological polar surface area (TPSA) is 87.5 Å². The molecule has 0 bridgehead atoms. The molecule has 2 unspecified atom stereocenters. The van der Waals surface area contributed by atoms with Gasteiger partial charge in [-0.1, -0.05) is 70.2 Å². The lowest BCUT2D eigenvalue weighted by Crippen LogP contribution is -2.35. The zero-order chi connectivity index (χ0) is 20.7. The highest BCUT2D eigenvalue weighted by Crippen LogP contribution is 2.43. The van der Waals surface area contributed by atoms with Gasteiger partial charge in [-0.05, 0) is 18.9 Å². The summed E-state index contributed by atoms with van der Waals surface area (Å²) in [7, 11) is 0. The largest absolute Gasteiger partial charge is 0.354 e. The highest BCUT2D eigenvalue weighted by Gasteiger charge is 2.44. The minimum absolute atomic E-state index is 0.0921. The maximum Gasteiger partial charge on any atom is 0.324 e.